The number of aliphatic carboxylic acids is 1. The molecule has 2 aromatic carbocycles. The molecule has 0 saturated carbocycles. The van der Waals surface area contributed by atoms with Gasteiger partial charge >= 0.3 is 5.97 Å². The van der Waals surface area contributed by atoms with E-state index in [0.717, 1.165) is 0 Å². The van der Waals surface area contributed by atoms with Gasteiger partial charge in [-0.15, -0.1) is 0 Å². The number of benzene rings is 2. The Hall–Kier alpha value is -6.36. The molecule has 0 aliphatic heterocycles. The lowest BCUT2D eigenvalue weighted by molar-refractivity contribution is -0.139. The lowest BCUT2D eigenvalue weighted by atomic mass is 10.1. The number of hydrogen-bond donors (Lipinski definition) is 3. The Morgan fingerprint density at radius 3 is 2.27 bits per heavy atom. The molecule has 1 atom stereocenters. The summed E-state index contributed by atoms with van der Waals surface area (Å²) in [7, 11) is -2.72. The van der Waals surface area contributed by atoms with E-state index >= 15 is 8.78 Å². The minimum Gasteiger partial charge on any atom is -0.480 e. The number of pyridine rings is 2. The van der Waals surface area contributed by atoms with Crippen LogP contribution in [0.2, 0.25) is 0 Å². The summed E-state index contributed by atoms with van der Waals surface area (Å²) in [6.07, 6.45) is 7.91. The largest absolute Gasteiger partial charge is 0.480 e. The number of hydrogen-bond acceptors (Lipinski definition) is 9. The molecule has 0 aliphatic carbocycles. The molecule has 0 fully saturated rings. The van der Waals surface area contributed by atoms with Crippen LogP contribution in [0.5, 0.6) is 0 Å². The summed E-state index contributed by atoms with van der Waals surface area (Å²) < 4.78 is 61.1. The fourth-order valence-corrected chi connectivity index (χ4v) is 6.36. The van der Waals surface area contributed by atoms with Gasteiger partial charge in [-0.25, -0.2) is 36.6 Å². The Kier molecular flexibility index (Phi) is 9.38. The highest BCUT2D eigenvalue weighted by Crippen LogP contribution is 2.25. The Morgan fingerprint density at radius 1 is 0.922 bits per heavy atom. The van der Waals surface area contributed by atoms with Crippen molar-refractivity contribution in [1.29, 1.82) is 0 Å². The molecule has 1 amide bonds. The van der Waals surface area contributed by atoms with Gasteiger partial charge < -0.3 is 10.4 Å². The summed E-state index contributed by atoms with van der Waals surface area (Å²) in [4.78, 5) is 54.3. The molecule has 17 heteroatoms. The third-order valence-corrected chi connectivity index (χ3v) is 9.39. The number of carboxylic acids is 1. The third-order valence-electron chi connectivity index (χ3n) is 8.01. The van der Waals surface area contributed by atoms with E-state index in [2.05, 4.69) is 25.3 Å². The Morgan fingerprint density at radius 2 is 1.65 bits per heavy atom. The maximum atomic E-state index is 15.1. The summed E-state index contributed by atoms with van der Waals surface area (Å²) in [6, 6.07) is 9.51. The topological polar surface area (TPSA) is 191 Å². The highest BCUT2D eigenvalue weighted by atomic mass is 32.2. The third kappa shape index (κ3) is 7.04. The lowest BCUT2D eigenvalue weighted by Crippen LogP contribution is -2.42. The number of nitrogens with zero attached hydrogens (tertiary/aromatic N) is 6. The number of carbonyl (C=O) groups excluding carboxylic acids is 1. The van der Waals surface area contributed by atoms with Crippen LogP contribution in [-0.4, -0.2) is 60.7 Å². The number of fused-ring (bicyclic) bond motifs is 1. The summed E-state index contributed by atoms with van der Waals surface area (Å²) in [5.41, 5.74) is 0.540. The molecule has 14 nitrogen and oxygen atoms in total. The van der Waals surface area contributed by atoms with E-state index in [1.165, 1.54) is 47.4 Å². The van der Waals surface area contributed by atoms with Gasteiger partial charge in [0.1, 0.15) is 23.5 Å². The van der Waals surface area contributed by atoms with Crippen LogP contribution in [-0.2, 0) is 34.7 Å². The quantitative estimate of drug-likeness (QED) is 0.179. The lowest BCUT2D eigenvalue weighted by Gasteiger charge is -2.16. The maximum absolute atomic E-state index is 15.1. The second-order valence-corrected chi connectivity index (χ2v) is 13.0. The first-order valence-corrected chi connectivity index (χ1v) is 16.8. The first kappa shape index (κ1) is 34.5. The van der Waals surface area contributed by atoms with Crippen molar-refractivity contribution in [3.8, 4) is 16.8 Å². The zero-order valence-corrected chi connectivity index (χ0v) is 27.7. The molecule has 0 saturated heterocycles. The molecule has 0 unspecified atom stereocenters. The van der Waals surface area contributed by atoms with Crippen molar-refractivity contribution in [2.24, 2.45) is 7.05 Å². The first-order chi connectivity index (χ1) is 24.4. The average molecular weight is 715 g/mol. The molecule has 4 heterocycles. The second kappa shape index (κ2) is 13.9. The number of rotatable bonds is 11. The molecule has 3 N–H and O–H groups in total. The van der Waals surface area contributed by atoms with Gasteiger partial charge in [0, 0.05) is 55.8 Å². The Bertz CT molecular complexity index is 2450. The van der Waals surface area contributed by atoms with Gasteiger partial charge in [0.25, 0.3) is 21.5 Å². The molecular formula is C34H28F2N8O6S. The number of sulfonamides is 1. The van der Waals surface area contributed by atoms with Crippen molar-refractivity contribution in [2.45, 2.75) is 30.7 Å². The molecule has 51 heavy (non-hydrogen) atoms. The highest BCUT2D eigenvalue weighted by Gasteiger charge is 2.26. The SMILES string of the molecule is CCc1ncc(-c2ccc(S(=O)(=O)Nc3cc(F)c(C(=O)N[C@@H](Cc4ccc(-n5c(=O)c6ccncc6n5C)cn4)C(=O)O)cc3F)cc2)cn1. The van der Waals surface area contributed by atoms with E-state index in [4.69, 9.17) is 0 Å². The van der Waals surface area contributed by atoms with Crippen LogP contribution in [0.3, 0.4) is 0 Å². The fourth-order valence-electron chi connectivity index (χ4n) is 5.30. The van der Waals surface area contributed by atoms with Gasteiger partial charge in [0.15, 0.2) is 0 Å². The molecule has 260 valence electrons. The Labute approximate surface area is 288 Å². The minimum absolute atomic E-state index is 0.215. The molecule has 0 radical (unpaired) electrons. The van der Waals surface area contributed by atoms with Crippen molar-refractivity contribution in [3.05, 3.63) is 125 Å². The van der Waals surface area contributed by atoms with Crippen LogP contribution in [0.25, 0.3) is 27.7 Å². The predicted octanol–water partition coefficient (Wildman–Crippen LogP) is 3.64. The van der Waals surface area contributed by atoms with Crippen molar-refractivity contribution in [1.82, 2.24) is 34.6 Å². The monoisotopic (exact) mass is 714 g/mol. The summed E-state index contributed by atoms with van der Waals surface area (Å²) in [5, 5.41) is 12.4. The number of carbonyl (C=O) groups is 2. The van der Waals surface area contributed by atoms with Gasteiger partial charge in [0.2, 0.25) is 0 Å². The number of amides is 1. The fraction of sp³-hybridized carbons (Fsp3) is 0.147. The molecule has 0 bridgehead atoms. The van der Waals surface area contributed by atoms with E-state index < -0.39 is 50.8 Å². The van der Waals surface area contributed by atoms with Crippen LogP contribution >= 0.6 is 0 Å². The zero-order chi connectivity index (χ0) is 36.4. The van der Waals surface area contributed by atoms with Crippen molar-refractivity contribution in [3.63, 3.8) is 0 Å². The van der Waals surface area contributed by atoms with Crippen LogP contribution in [0.15, 0.2) is 95.3 Å². The van der Waals surface area contributed by atoms with E-state index in [-0.39, 0.29) is 22.6 Å². The van der Waals surface area contributed by atoms with Crippen LogP contribution in [0.4, 0.5) is 14.5 Å². The van der Waals surface area contributed by atoms with E-state index in [1.54, 1.807) is 42.5 Å². The van der Waals surface area contributed by atoms with Crippen molar-refractivity contribution < 1.29 is 31.9 Å². The minimum atomic E-state index is -4.39. The normalized spacial score (nSPS) is 12.1. The average Bonchev–Trinajstić information content (AvgIpc) is 3.38. The van der Waals surface area contributed by atoms with Crippen molar-refractivity contribution in [2.75, 3.05) is 4.72 Å². The van der Waals surface area contributed by atoms with Crippen molar-refractivity contribution >= 4 is 38.5 Å². The van der Waals surface area contributed by atoms with Gasteiger partial charge in [-0.05, 0) is 42.0 Å². The summed E-state index contributed by atoms with van der Waals surface area (Å²) in [5.74, 6) is -4.67. The number of halogens is 2. The molecule has 4 aromatic heterocycles. The summed E-state index contributed by atoms with van der Waals surface area (Å²) in [6.45, 7) is 1.91. The smallest absolute Gasteiger partial charge is 0.326 e. The van der Waals surface area contributed by atoms with Gasteiger partial charge in [-0.3, -0.25) is 29.0 Å². The molecule has 0 aliphatic rings. The number of aryl methyl sites for hydroxylation is 2. The molecule has 6 aromatic rings. The van der Waals surface area contributed by atoms with Crippen LogP contribution < -0.4 is 15.6 Å². The highest BCUT2D eigenvalue weighted by molar-refractivity contribution is 7.92. The van der Waals surface area contributed by atoms with E-state index in [0.29, 0.717) is 52.1 Å². The van der Waals surface area contributed by atoms with E-state index in [9.17, 15) is 27.9 Å². The molecule has 6 rings (SSSR count). The standard InChI is InChI=1S/C34H28F2N8O6S/c1-3-31-39-15-20(16-40-31)19-4-8-23(9-5-19)51(49,50)42-28-14-26(35)25(13-27(28)36)32(45)41-29(34(47)48)12-21-6-7-22(17-38-21)44-33(46)24-10-11-37-18-30(24)43(44)2/h4-11,13-18,29,42H,3,12H2,1-2H3,(H,41,45)(H,47,48)/t29-/m0/s1. The molecular weight excluding hydrogens is 686 g/mol. The van der Waals surface area contributed by atoms with Gasteiger partial charge in [-0.1, -0.05) is 19.1 Å². The number of aromatic nitrogens is 6. The van der Waals surface area contributed by atoms with Crippen LogP contribution in [0, 0.1) is 11.6 Å². The van der Waals surface area contributed by atoms with Gasteiger partial charge in [-0.2, -0.15) is 0 Å². The maximum Gasteiger partial charge on any atom is 0.326 e. The van der Waals surface area contributed by atoms with Gasteiger partial charge in [0.05, 0.1) is 45.1 Å². The second-order valence-electron chi connectivity index (χ2n) is 11.3. The van der Waals surface area contributed by atoms with E-state index in [1.807, 2.05) is 11.6 Å². The number of nitrogens with one attached hydrogen (secondary N) is 2. The number of anilines is 1. The first-order valence-electron chi connectivity index (χ1n) is 15.3. The van der Waals surface area contributed by atoms with Crippen LogP contribution in [0.1, 0.15) is 28.8 Å². The molecule has 0 spiro atoms. The summed E-state index contributed by atoms with van der Waals surface area (Å²) >= 11 is 0. The zero-order valence-electron chi connectivity index (χ0n) is 26.9. The predicted molar refractivity (Wildman–Crippen MR) is 181 cm³/mol. The Balaban J connectivity index is 1.14. The number of carboxylic acid groups (broad SMARTS) is 1.